The smallest absolute Gasteiger partial charge is 0.330 e. The first-order chi connectivity index (χ1) is 9.08. The highest BCUT2D eigenvalue weighted by Gasteiger charge is 2.09. The normalized spacial score (nSPS) is 13.3. The van der Waals surface area contributed by atoms with E-state index in [1.54, 1.807) is 6.92 Å². The third kappa shape index (κ3) is 3.13. The van der Waals surface area contributed by atoms with Gasteiger partial charge < -0.3 is 10.4 Å². The zero-order valence-electron chi connectivity index (χ0n) is 11.1. The monoisotopic (exact) mass is 255 g/mol. The molecule has 0 heterocycles. The highest BCUT2D eigenvalue weighted by atomic mass is 16.4. The maximum Gasteiger partial charge on any atom is 0.330 e. The lowest BCUT2D eigenvalue weighted by molar-refractivity contribution is -0.131. The Morgan fingerprint density at radius 1 is 1.21 bits per heavy atom. The molecule has 0 saturated carbocycles. The number of hydrogen-bond acceptors (Lipinski definition) is 2. The Bertz CT molecular complexity index is 626. The van der Waals surface area contributed by atoms with E-state index < -0.39 is 5.97 Å². The molecule has 0 aliphatic rings. The molecule has 0 fully saturated rings. The Labute approximate surface area is 112 Å². The quantitative estimate of drug-likeness (QED) is 0.822. The van der Waals surface area contributed by atoms with Gasteiger partial charge in [-0.05, 0) is 30.2 Å². The number of rotatable bonds is 4. The van der Waals surface area contributed by atoms with Gasteiger partial charge in [0.15, 0.2) is 0 Å². The molecule has 0 radical (unpaired) electrons. The second-order valence-corrected chi connectivity index (χ2v) is 4.60. The summed E-state index contributed by atoms with van der Waals surface area (Å²) in [5, 5.41) is 14.3. The number of carboxylic acid groups (broad SMARTS) is 1. The third-order valence-electron chi connectivity index (χ3n) is 3.07. The van der Waals surface area contributed by atoms with Crippen molar-refractivity contribution in [3.05, 3.63) is 59.8 Å². The molecule has 2 N–H and O–H groups in total. The minimum Gasteiger partial charge on any atom is -0.478 e. The maximum absolute atomic E-state index is 10.6. The highest BCUT2D eigenvalue weighted by Crippen LogP contribution is 2.24. The molecular formula is C16H17NO2. The van der Waals surface area contributed by atoms with Crippen molar-refractivity contribution in [2.45, 2.75) is 19.9 Å². The fraction of sp³-hybridized carbons (Fsp3) is 0.188. The van der Waals surface area contributed by atoms with Crippen LogP contribution in [0.3, 0.4) is 0 Å². The standard InChI is InChI=1S/C16H17NO2/c1-11(10-16(18)19)17-12(2)14-9-5-7-13-6-3-4-8-15(13)14/h3-10,12,17H,1-2H3,(H,18,19)/t12-/m1/s1. The summed E-state index contributed by atoms with van der Waals surface area (Å²) in [6.45, 7) is 3.79. The van der Waals surface area contributed by atoms with E-state index in [1.165, 1.54) is 16.8 Å². The van der Waals surface area contributed by atoms with Crippen molar-refractivity contribution in [2.75, 3.05) is 0 Å². The van der Waals surface area contributed by atoms with Crippen LogP contribution in [0, 0.1) is 0 Å². The molecule has 3 heteroatoms. The number of benzene rings is 2. The number of fused-ring (bicyclic) bond motifs is 1. The fourth-order valence-corrected chi connectivity index (χ4v) is 2.27. The summed E-state index contributed by atoms with van der Waals surface area (Å²) in [6.07, 6.45) is 1.18. The minimum absolute atomic E-state index is 0.0571. The number of allylic oxidation sites excluding steroid dienone is 1. The lowest BCUT2D eigenvalue weighted by Gasteiger charge is -2.17. The van der Waals surface area contributed by atoms with E-state index in [-0.39, 0.29) is 6.04 Å². The number of carboxylic acids is 1. The Kier molecular flexibility index (Phi) is 3.85. The van der Waals surface area contributed by atoms with Crippen LogP contribution in [0.5, 0.6) is 0 Å². The lowest BCUT2D eigenvalue weighted by atomic mass is 9.99. The molecule has 2 rings (SSSR count). The van der Waals surface area contributed by atoms with Gasteiger partial charge in [0, 0.05) is 17.8 Å². The van der Waals surface area contributed by atoms with E-state index in [0.29, 0.717) is 5.70 Å². The van der Waals surface area contributed by atoms with Crippen molar-refractivity contribution in [3.63, 3.8) is 0 Å². The van der Waals surface area contributed by atoms with Gasteiger partial charge in [-0.1, -0.05) is 42.5 Å². The molecule has 0 aliphatic heterocycles. The predicted octanol–water partition coefficient (Wildman–Crippen LogP) is 3.48. The van der Waals surface area contributed by atoms with Gasteiger partial charge in [-0.2, -0.15) is 0 Å². The number of hydrogen-bond donors (Lipinski definition) is 2. The van der Waals surface area contributed by atoms with Gasteiger partial charge in [-0.3, -0.25) is 0 Å². The van der Waals surface area contributed by atoms with Crippen molar-refractivity contribution in [1.29, 1.82) is 0 Å². The van der Waals surface area contributed by atoms with Crippen molar-refractivity contribution < 1.29 is 9.90 Å². The molecule has 3 nitrogen and oxygen atoms in total. The maximum atomic E-state index is 10.6. The summed E-state index contributed by atoms with van der Waals surface area (Å²) in [5.41, 5.74) is 1.81. The largest absolute Gasteiger partial charge is 0.478 e. The summed E-state index contributed by atoms with van der Waals surface area (Å²) in [5.74, 6) is -0.935. The van der Waals surface area contributed by atoms with Gasteiger partial charge >= 0.3 is 5.97 Å². The van der Waals surface area contributed by atoms with Crippen LogP contribution < -0.4 is 5.32 Å². The third-order valence-corrected chi connectivity index (χ3v) is 3.07. The van der Waals surface area contributed by atoms with Gasteiger partial charge in [0.2, 0.25) is 0 Å². The fourth-order valence-electron chi connectivity index (χ4n) is 2.27. The molecule has 0 saturated heterocycles. The molecule has 0 amide bonds. The molecule has 19 heavy (non-hydrogen) atoms. The minimum atomic E-state index is -0.935. The molecule has 0 aliphatic carbocycles. The number of carbonyl (C=O) groups is 1. The SMILES string of the molecule is CC(=CC(=O)O)N[C@H](C)c1cccc2ccccc12. The predicted molar refractivity (Wildman–Crippen MR) is 76.9 cm³/mol. The van der Waals surface area contributed by atoms with Crippen molar-refractivity contribution in [1.82, 2.24) is 5.32 Å². The van der Waals surface area contributed by atoms with E-state index >= 15 is 0 Å². The highest BCUT2D eigenvalue weighted by molar-refractivity contribution is 5.86. The van der Waals surface area contributed by atoms with Crippen molar-refractivity contribution in [2.24, 2.45) is 0 Å². The van der Waals surface area contributed by atoms with Crippen LogP contribution in [0.4, 0.5) is 0 Å². The molecular weight excluding hydrogens is 238 g/mol. The zero-order valence-corrected chi connectivity index (χ0v) is 11.1. The summed E-state index contributed by atoms with van der Waals surface area (Å²) < 4.78 is 0. The molecule has 1 atom stereocenters. The van der Waals surface area contributed by atoms with Crippen LogP contribution >= 0.6 is 0 Å². The van der Waals surface area contributed by atoms with E-state index in [4.69, 9.17) is 5.11 Å². The molecule has 0 bridgehead atoms. The molecule has 0 unspecified atom stereocenters. The second-order valence-electron chi connectivity index (χ2n) is 4.60. The molecule has 0 aromatic heterocycles. The van der Waals surface area contributed by atoms with Crippen LogP contribution in [0.1, 0.15) is 25.5 Å². The average molecular weight is 255 g/mol. The first-order valence-corrected chi connectivity index (χ1v) is 6.23. The van der Waals surface area contributed by atoms with Crippen molar-refractivity contribution >= 4 is 16.7 Å². The van der Waals surface area contributed by atoms with Crippen LogP contribution in [0.15, 0.2) is 54.2 Å². The van der Waals surface area contributed by atoms with Crippen LogP contribution in [-0.2, 0) is 4.79 Å². The Balaban J connectivity index is 2.31. The zero-order chi connectivity index (χ0) is 13.8. The van der Waals surface area contributed by atoms with Crippen LogP contribution in [0.2, 0.25) is 0 Å². The van der Waals surface area contributed by atoms with Crippen LogP contribution in [-0.4, -0.2) is 11.1 Å². The van der Waals surface area contributed by atoms with Gasteiger partial charge in [0.05, 0.1) is 0 Å². The van der Waals surface area contributed by atoms with E-state index in [0.717, 1.165) is 5.56 Å². The molecule has 2 aromatic rings. The number of nitrogens with one attached hydrogen (secondary N) is 1. The molecule has 98 valence electrons. The summed E-state index contributed by atoms with van der Waals surface area (Å²) >= 11 is 0. The number of aliphatic carboxylic acids is 1. The molecule has 0 spiro atoms. The Morgan fingerprint density at radius 3 is 2.63 bits per heavy atom. The van der Waals surface area contributed by atoms with Crippen molar-refractivity contribution in [3.8, 4) is 0 Å². The first-order valence-electron chi connectivity index (χ1n) is 6.23. The second kappa shape index (κ2) is 5.57. The van der Waals surface area contributed by atoms with Gasteiger partial charge in [-0.15, -0.1) is 0 Å². The van der Waals surface area contributed by atoms with Crippen LogP contribution in [0.25, 0.3) is 10.8 Å². The average Bonchev–Trinajstić information content (AvgIpc) is 2.36. The van der Waals surface area contributed by atoms with E-state index in [2.05, 4.69) is 29.6 Å². The summed E-state index contributed by atoms with van der Waals surface area (Å²) in [7, 11) is 0. The van der Waals surface area contributed by atoms with E-state index in [1.807, 2.05) is 25.1 Å². The lowest BCUT2D eigenvalue weighted by Crippen LogP contribution is -2.17. The topological polar surface area (TPSA) is 49.3 Å². The van der Waals surface area contributed by atoms with Gasteiger partial charge in [0.25, 0.3) is 0 Å². The van der Waals surface area contributed by atoms with Gasteiger partial charge in [0.1, 0.15) is 0 Å². The summed E-state index contributed by atoms with van der Waals surface area (Å²) in [4.78, 5) is 10.6. The first kappa shape index (κ1) is 13.1. The summed E-state index contributed by atoms with van der Waals surface area (Å²) in [6, 6.07) is 14.4. The van der Waals surface area contributed by atoms with Gasteiger partial charge in [-0.25, -0.2) is 4.79 Å². The Morgan fingerprint density at radius 2 is 1.89 bits per heavy atom. The Hall–Kier alpha value is -2.29. The molecule has 2 aromatic carbocycles. The van der Waals surface area contributed by atoms with E-state index in [9.17, 15) is 4.79 Å².